The van der Waals surface area contributed by atoms with Gasteiger partial charge >= 0.3 is 0 Å². The van der Waals surface area contributed by atoms with E-state index < -0.39 is 0 Å². The van der Waals surface area contributed by atoms with Gasteiger partial charge in [-0.1, -0.05) is 36.8 Å². The largest absolute Gasteiger partial charge is 0.493 e. The predicted octanol–water partition coefficient (Wildman–Crippen LogP) is 5.28. The fraction of sp³-hybridized carbons (Fsp3) is 0.208. The molecule has 1 atom stereocenters. The van der Waals surface area contributed by atoms with Crippen LogP contribution in [0.1, 0.15) is 31.7 Å². The van der Waals surface area contributed by atoms with Gasteiger partial charge in [-0.3, -0.25) is 4.79 Å². The molecule has 2 heterocycles. The molecule has 1 aliphatic carbocycles. The number of benzene rings is 2. The van der Waals surface area contributed by atoms with Crippen LogP contribution in [0.4, 0.5) is 0 Å². The maximum atomic E-state index is 12.5. The molecule has 1 N–H and O–H groups in total. The van der Waals surface area contributed by atoms with Gasteiger partial charge in [-0.15, -0.1) is 0 Å². The number of rotatable bonds is 4. The van der Waals surface area contributed by atoms with Gasteiger partial charge in [0.05, 0.1) is 11.4 Å². The minimum atomic E-state index is -0.245. The highest BCUT2D eigenvalue weighted by Crippen LogP contribution is 2.38. The van der Waals surface area contributed by atoms with Crippen LogP contribution in [0.25, 0.3) is 22.2 Å². The first-order chi connectivity index (χ1) is 14.7. The van der Waals surface area contributed by atoms with E-state index >= 15 is 0 Å². The molecule has 4 aromatic rings. The van der Waals surface area contributed by atoms with E-state index in [0.29, 0.717) is 17.5 Å². The first-order valence-electron chi connectivity index (χ1n) is 10.1. The van der Waals surface area contributed by atoms with Gasteiger partial charge in [-0.05, 0) is 42.7 Å². The summed E-state index contributed by atoms with van der Waals surface area (Å²) in [5, 5.41) is 11.0. The maximum absolute atomic E-state index is 12.5. The summed E-state index contributed by atoms with van der Waals surface area (Å²) < 4.78 is 7.78. The average molecular weight is 399 g/mol. The Balaban J connectivity index is 1.55. The number of para-hydroxylation sites is 1. The third-order valence-electron chi connectivity index (χ3n) is 5.59. The normalized spacial score (nSPS) is 16.7. The van der Waals surface area contributed by atoms with Gasteiger partial charge in [-0.25, -0.2) is 9.97 Å². The van der Waals surface area contributed by atoms with E-state index in [1.54, 1.807) is 0 Å². The Morgan fingerprint density at radius 3 is 2.50 bits per heavy atom. The topological polar surface area (TPSA) is 77.2 Å². The number of carbonyl (C=O) groups excluding carboxylic acids is 1. The molecule has 0 amide bonds. The summed E-state index contributed by atoms with van der Waals surface area (Å²) in [4.78, 5) is 20.9. The fourth-order valence-corrected chi connectivity index (χ4v) is 4.11. The van der Waals surface area contributed by atoms with Crippen molar-refractivity contribution in [1.82, 2.24) is 14.5 Å². The third-order valence-corrected chi connectivity index (χ3v) is 5.59. The van der Waals surface area contributed by atoms with Gasteiger partial charge in [0.2, 0.25) is 5.88 Å². The summed E-state index contributed by atoms with van der Waals surface area (Å²) in [5.74, 6) is 1.62. The van der Waals surface area contributed by atoms with Crippen LogP contribution >= 0.6 is 0 Å². The van der Waals surface area contributed by atoms with Crippen molar-refractivity contribution >= 4 is 16.8 Å². The Kier molecular flexibility index (Phi) is 4.67. The Labute approximate surface area is 173 Å². The van der Waals surface area contributed by atoms with E-state index in [2.05, 4.69) is 9.97 Å². The molecule has 1 fully saturated rings. The molecule has 5 rings (SSSR count). The Morgan fingerprint density at radius 1 is 0.967 bits per heavy atom. The monoisotopic (exact) mass is 399 g/mol. The van der Waals surface area contributed by atoms with E-state index in [1.165, 1.54) is 6.33 Å². The lowest BCUT2D eigenvalue weighted by atomic mass is 9.94. The molecule has 150 valence electrons. The summed E-state index contributed by atoms with van der Waals surface area (Å²) in [6.45, 7) is 0. The summed E-state index contributed by atoms with van der Waals surface area (Å²) in [6.07, 6.45) is 6.57. The Morgan fingerprint density at radius 2 is 1.73 bits per heavy atom. The number of aromatic nitrogens is 3. The van der Waals surface area contributed by atoms with Gasteiger partial charge in [0.1, 0.15) is 23.5 Å². The molecule has 0 radical (unpaired) electrons. The molecule has 1 aliphatic rings. The first-order valence-corrected chi connectivity index (χ1v) is 10.1. The van der Waals surface area contributed by atoms with Crippen LogP contribution in [0, 0.1) is 0 Å². The van der Waals surface area contributed by atoms with Gasteiger partial charge < -0.3 is 14.4 Å². The van der Waals surface area contributed by atoms with Crippen molar-refractivity contribution in [2.75, 3.05) is 0 Å². The Bertz CT molecular complexity index is 1200. The van der Waals surface area contributed by atoms with Crippen molar-refractivity contribution in [2.24, 2.45) is 0 Å². The molecule has 0 saturated heterocycles. The molecule has 0 aliphatic heterocycles. The minimum Gasteiger partial charge on any atom is -0.493 e. The zero-order valence-corrected chi connectivity index (χ0v) is 16.4. The summed E-state index contributed by atoms with van der Waals surface area (Å²) in [6, 6.07) is 17.0. The highest BCUT2D eigenvalue weighted by molar-refractivity contribution is 5.98. The zero-order valence-electron chi connectivity index (χ0n) is 16.4. The molecule has 1 unspecified atom stereocenters. The maximum Gasteiger partial charge on any atom is 0.224 e. The number of Topliss-reactive ketones (excluding diaryl/α,β-unsaturated/α-hetero) is 1. The van der Waals surface area contributed by atoms with Crippen molar-refractivity contribution in [1.29, 1.82) is 0 Å². The average Bonchev–Trinajstić information content (AvgIpc) is 3.16. The van der Waals surface area contributed by atoms with Crippen molar-refractivity contribution in [3.63, 3.8) is 0 Å². The molecule has 2 aromatic carbocycles. The highest BCUT2D eigenvalue weighted by Gasteiger charge is 2.27. The lowest BCUT2D eigenvalue weighted by Crippen LogP contribution is -2.22. The summed E-state index contributed by atoms with van der Waals surface area (Å²) >= 11 is 0. The van der Waals surface area contributed by atoms with E-state index in [9.17, 15) is 9.90 Å². The SMILES string of the molecule is O=C1CCCCC1n1cc(-c2ccc(Oc3ccccc3)cc2)c2c(O)ncnc21. The van der Waals surface area contributed by atoms with E-state index in [0.717, 1.165) is 41.9 Å². The smallest absolute Gasteiger partial charge is 0.224 e. The summed E-state index contributed by atoms with van der Waals surface area (Å²) in [5.41, 5.74) is 2.28. The van der Waals surface area contributed by atoms with Crippen LogP contribution < -0.4 is 4.74 Å². The van der Waals surface area contributed by atoms with Crippen LogP contribution in [-0.4, -0.2) is 25.4 Å². The zero-order chi connectivity index (χ0) is 20.5. The van der Waals surface area contributed by atoms with Crippen LogP contribution in [0.2, 0.25) is 0 Å². The summed E-state index contributed by atoms with van der Waals surface area (Å²) in [7, 11) is 0. The second-order valence-electron chi connectivity index (χ2n) is 7.51. The molecule has 30 heavy (non-hydrogen) atoms. The van der Waals surface area contributed by atoms with Crippen LogP contribution in [0.5, 0.6) is 17.4 Å². The van der Waals surface area contributed by atoms with E-state index in [4.69, 9.17) is 4.74 Å². The molecular weight excluding hydrogens is 378 g/mol. The number of fused-ring (bicyclic) bond motifs is 1. The third kappa shape index (κ3) is 3.30. The standard InChI is InChI=1S/C24H21N3O3/c28-21-9-5-4-8-20(21)27-14-19(22-23(27)25-15-26-24(22)29)16-10-12-18(13-11-16)30-17-6-2-1-3-7-17/h1-3,6-7,10-15,20H,4-5,8-9H2,(H,25,26,29). The van der Waals surface area contributed by atoms with Gasteiger partial charge in [0, 0.05) is 18.2 Å². The van der Waals surface area contributed by atoms with Crippen molar-refractivity contribution < 1.29 is 14.6 Å². The van der Waals surface area contributed by atoms with Crippen LogP contribution in [0.3, 0.4) is 0 Å². The van der Waals surface area contributed by atoms with E-state index in [1.807, 2.05) is 65.4 Å². The molecule has 0 bridgehead atoms. The predicted molar refractivity (Wildman–Crippen MR) is 114 cm³/mol. The lowest BCUT2D eigenvalue weighted by Gasteiger charge is -2.22. The van der Waals surface area contributed by atoms with Gasteiger partial charge in [-0.2, -0.15) is 0 Å². The number of hydrogen-bond donors (Lipinski definition) is 1. The quantitative estimate of drug-likeness (QED) is 0.505. The number of nitrogens with zero attached hydrogens (tertiary/aromatic N) is 3. The van der Waals surface area contributed by atoms with Crippen molar-refractivity contribution in [3.8, 4) is 28.5 Å². The van der Waals surface area contributed by atoms with Crippen LogP contribution in [0.15, 0.2) is 67.1 Å². The number of hydrogen-bond acceptors (Lipinski definition) is 5. The lowest BCUT2D eigenvalue weighted by molar-refractivity contribution is -0.123. The fourth-order valence-electron chi connectivity index (χ4n) is 4.11. The van der Waals surface area contributed by atoms with Crippen LogP contribution in [-0.2, 0) is 4.79 Å². The number of aromatic hydroxyl groups is 1. The molecule has 6 nitrogen and oxygen atoms in total. The number of carbonyl (C=O) groups is 1. The molecular formula is C24H21N3O3. The van der Waals surface area contributed by atoms with E-state index in [-0.39, 0.29) is 17.7 Å². The molecule has 0 spiro atoms. The molecule has 1 saturated carbocycles. The van der Waals surface area contributed by atoms with Gasteiger partial charge in [0.25, 0.3) is 0 Å². The highest BCUT2D eigenvalue weighted by atomic mass is 16.5. The second-order valence-corrected chi connectivity index (χ2v) is 7.51. The van der Waals surface area contributed by atoms with Crippen molar-refractivity contribution in [3.05, 3.63) is 67.1 Å². The molecule has 2 aromatic heterocycles. The first kappa shape index (κ1) is 18.4. The minimum absolute atomic E-state index is 0.0818. The van der Waals surface area contributed by atoms with Crippen molar-refractivity contribution in [2.45, 2.75) is 31.7 Å². The number of ketones is 1. The molecule has 6 heteroatoms. The Hall–Kier alpha value is -3.67. The van der Waals surface area contributed by atoms with Gasteiger partial charge in [0.15, 0.2) is 5.78 Å². The second kappa shape index (κ2) is 7.63. The number of ether oxygens (including phenoxy) is 1.